The Morgan fingerprint density at radius 1 is 1.02 bits per heavy atom. The van der Waals surface area contributed by atoms with Crippen LogP contribution in [0.5, 0.6) is 5.88 Å². The number of halogens is 4. The summed E-state index contributed by atoms with van der Waals surface area (Å²) in [5.41, 5.74) is 1.95. The van der Waals surface area contributed by atoms with Gasteiger partial charge in [0.05, 0.1) is 17.3 Å². The van der Waals surface area contributed by atoms with Crippen molar-refractivity contribution in [2.24, 2.45) is 0 Å². The number of allylic oxidation sites excluding steroid dienone is 1. The molecule has 2 N–H and O–H groups in total. The van der Waals surface area contributed by atoms with E-state index in [0.29, 0.717) is 54.2 Å². The van der Waals surface area contributed by atoms with Crippen molar-refractivity contribution < 1.29 is 27.1 Å². The van der Waals surface area contributed by atoms with Crippen LogP contribution in [0.4, 0.5) is 17.6 Å². The number of ether oxygens (including phenoxy) is 1. The number of rotatable bonds is 12. The third kappa shape index (κ3) is 8.26. The minimum atomic E-state index is -4.50. The quantitative estimate of drug-likeness (QED) is 0.0927. The van der Waals surface area contributed by atoms with Gasteiger partial charge < -0.3 is 15.0 Å². The normalized spacial score (nSPS) is 12.5. The first kappa shape index (κ1) is 30.4. The van der Waals surface area contributed by atoms with Gasteiger partial charge in [-0.15, -0.1) is 5.10 Å². The third-order valence-electron chi connectivity index (χ3n) is 6.38. The second kappa shape index (κ2) is 13.9. The molecule has 1 amide bonds. The Labute approximate surface area is 240 Å². The van der Waals surface area contributed by atoms with Crippen LogP contribution in [0.15, 0.2) is 79.0 Å². The number of nitrogens with one attached hydrogen (secondary N) is 2. The molecule has 2 aromatic heterocycles. The number of hydrogen-bond donors (Lipinski definition) is 2. The number of fused-ring (bicyclic) bond motifs is 1. The van der Waals surface area contributed by atoms with Crippen molar-refractivity contribution in [3.63, 3.8) is 0 Å². The van der Waals surface area contributed by atoms with Gasteiger partial charge in [0.2, 0.25) is 17.7 Å². The van der Waals surface area contributed by atoms with Gasteiger partial charge in [-0.05, 0) is 40.5 Å². The lowest BCUT2D eigenvalue weighted by Gasteiger charge is -2.19. The molecule has 0 saturated carbocycles. The van der Waals surface area contributed by atoms with Gasteiger partial charge in [-0.25, -0.2) is 4.98 Å². The molecule has 7 nitrogen and oxygen atoms in total. The molecule has 0 unspecified atom stereocenters. The topological polar surface area (TPSA) is 83.1 Å². The Kier molecular flexibility index (Phi) is 10.1. The summed E-state index contributed by atoms with van der Waals surface area (Å²) in [6.45, 7) is 1.38. The maximum Gasteiger partial charge on any atom is 0.393 e. The molecule has 2 aromatic carbocycles. The fourth-order valence-electron chi connectivity index (χ4n) is 4.30. The van der Waals surface area contributed by atoms with E-state index in [-0.39, 0.29) is 22.4 Å². The number of hydrogen-bond acceptors (Lipinski definition) is 5. The van der Waals surface area contributed by atoms with Crippen LogP contribution in [-0.2, 0) is 4.79 Å². The van der Waals surface area contributed by atoms with Crippen molar-refractivity contribution in [1.82, 2.24) is 25.4 Å². The molecule has 220 valence electrons. The van der Waals surface area contributed by atoms with Crippen LogP contribution in [-0.4, -0.2) is 66.0 Å². The molecule has 0 bridgehead atoms. The average Bonchev–Trinajstić information content (AvgIpc) is 3.34. The number of pyridine rings is 1. The number of H-pyrrole nitrogens is 1. The molecule has 0 atom stereocenters. The molecule has 11 heteroatoms. The Morgan fingerprint density at radius 2 is 1.79 bits per heavy atom. The van der Waals surface area contributed by atoms with Crippen LogP contribution in [0.3, 0.4) is 0 Å². The van der Waals surface area contributed by atoms with Crippen molar-refractivity contribution in [1.29, 1.82) is 0 Å². The lowest BCUT2D eigenvalue weighted by molar-refractivity contribution is -0.127. The number of carbonyl (C=O) groups excluding carboxylic acids is 1. The second-order valence-electron chi connectivity index (χ2n) is 9.69. The van der Waals surface area contributed by atoms with Crippen molar-refractivity contribution in [3.05, 3.63) is 102 Å². The van der Waals surface area contributed by atoms with Gasteiger partial charge in [0.25, 0.3) is 0 Å². The highest BCUT2D eigenvalue weighted by molar-refractivity contribution is 6.00. The second-order valence-corrected chi connectivity index (χ2v) is 9.69. The van der Waals surface area contributed by atoms with Crippen LogP contribution in [0.2, 0.25) is 0 Å². The van der Waals surface area contributed by atoms with Crippen LogP contribution >= 0.6 is 0 Å². The SMILES string of the molecule is CN(C)C(=O)CC=CCNCCOc1ccc(/C(=C(/CC(F)(F)F)c2ccccc2)c2ccc3[nH]nc(F)c3c2)cn1. The lowest BCUT2D eigenvalue weighted by atomic mass is 9.88. The minimum Gasteiger partial charge on any atom is -0.476 e. The smallest absolute Gasteiger partial charge is 0.393 e. The molecule has 0 spiro atoms. The first-order valence-corrected chi connectivity index (χ1v) is 13.3. The van der Waals surface area contributed by atoms with E-state index < -0.39 is 18.5 Å². The Bertz CT molecular complexity index is 1550. The summed E-state index contributed by atoms with van der Waals surface area (Å²) in [6, 6.07) is 16.3. The highest BCUT2D eigenvalue weighted by Gasteiger charge is 2.31. The van der Waals surface area contributed by atoms with Gasteiger partial charge in [0.15, 0.2) is 0 Å². The van der Waals surface area contributed by atoms with E-state index >= 15 is 0 Å². The summed E-state index contributed by atoms with van der Waals surface area (Å²) < 4.78 is 61.7. The summed E-state index contributed by atoms with van der Waals surface area (Å²) in [6.07, 6.45) is -0.249. The zero-order chi connectivity index (χ0) is 30.1. The van der Waals surface area contributed by atoms with E-state index in [2.05, 4.69) is 20.5 Å². The van der Waals surface area contributed by atoms with Crippen LogP contribution in [0, 0.1) is 5.95 Å². The van der Waals surface area contributed by atoms with Gasteiger partial charge >= 0.3 is 6.18 Å². The van der Waals surface area contributed by atoms with Crippen LogP contribution in [0.25, 0.3) is 22.0 Å². The highest BCUT2D eigenvalue weighted by Crippen LogP contribution is 2.40. The number of nitrogens with zero attached hydrogens (tertiary/aromatic N) is 3. The number of amides is 1. The summed E-state index contributed by atoms with van der Waals surface area (Å²) in [4.78, 5) is 17.4. The van der Waals surface area contributed by atoms with Gasteiger partial charge in [-0.3, -0.25) is 9.89 Å². The summed E-state index contributed by atoms with van der Waals surface area (Å²) in [5.74, 6) is -0.415. The molecule has 2 heterocycles. The predicted molar refractivity (Wildman–Crippen MR) is 154 cm³/mol. The molecular weight excluding hydrogens is 550 g/mol. The van der Waals surface area contributed by atoms with Crippen molar-refractivity contribution in [3.8, 4) is 5.88 Å². The number of benzene rings is 2. The lowest BCUT2D eigenvalue weighted by Crippen LogP contribution is -2.22. The van der Waals surface area contributed by atoms with E-state index in [9.17, 15) is 22.4 Å². The fraction of sp³-hybridized carbons (Fsp3) is 0.258. The van der Waals surface area contributed by atoms with Crippen molar-refractivity contribution in [2.75, 3.05) is 33.8 Å². The molecule has 0 fully saturated rings. The maximum atomic E-state index is 14.3. The number of carbonyl (C=O) groups is 1. The summed E-state index contributed by atoms with van der Waals surface area (Å²) in [5, 5.41) is 9.48. The maximum absolute atomic E-state index is 14.3. The van der Waals surface area contributed by atoms with E-state index in [1.165, 1.54) is 17.2 Å². The first-order valence-electron chi connectivity index (χ1n) is 13.3. The Hall–Kier alpha value is -4.51. The molecule has 0 saturated heterocycles. The van der Waals surface area contributed by atoms with Gasteiger partial charge in [0, 0.05) is 51.4 Å². The Morgan fingerprint density at radius 3 is 2.48 bits per heavy atom. The van der Waals surface area contributed by atoms with E-state index in [1.54, 1.807) is 74.8 Å². The average molecular weight is 582 g/mol. The monoisotopic (exact) mass is 581 g/mol. The summed E-state index contributed by atoms with van der Waals surface area (Å²) in [7, 11) is 3.41. The molecule has 4 aromatic rings. The van der Waals surface area contributed by atoms with E-state index in [1.807, 2.05) is 6.08 Å². The molecule has 0 radical (unpaired) electrons. The van der Waals surface area contributed by atoms with E-state index in [0.717, 1.165) is 0 Å². The highest BCUT2D eigenvalue weighted by atomic mass is 19.4. The minimum absolute atomic E-state index is 0.0191. The first-order chi connectivity index (χ1) is 20.1. The van der Waals surface area contributed by atoms with Gasteiger partial charge in [-0.1, -0.05) is 48.6 Å². The van der Waals surface area contributed by atoms with Crippen molar-refractivity contribution in [2.45, 2.75) is 19.0 Å². The van der Waals surface area contributed by atoms with Gasteiger partial charge in [-0.2, -0.15) is 17.6 Å². The molecule has 0 aliphatic heterocycles. The number of aromatic amines is 1. The van der Waals surface area contributed by atoms with Crippen LogP contribution in [0.1, 0.15) is 29.5 Å². The van der Waals surface area contributed by atoms with E-state index in [4.69, 9.17) is 4.74 Å². The fourth-order valence-corrected chi connectivity index (χ4v) is 4.30. The largest absolute Gasteiger partial charge is 0.476 e. The number of aromatic nitrogens is 3. The van der Waals surface area contributed by atoms with Crippen molar-refractivity contribution >= 4 is 28.0 Å². The molecular formula is C31H31F4N5O2. The Balaban J connectivity index is 1.56. The van der Waals surface area contributed by atoms with Gasteiger partial charge in [0.1, 0.15) is 6.61 Å². The molecule has 0 aliphatic rings. The number of alkyl halides is 3. The predicted octanol–water partition coefficient (Wildman–Crippen LogP) is 6.01. The zero-order valence-corrected chi connectivity index (χ0v) is 23.2. The van der Waals surface area contributed by atoms with Crippen LogP contribution < -0.4 is 10.1 Å². The zero-order valence-electron chi connectivity index (χ0n) is 23.2. The summed E-state index contributed by atoms with van der Waals surface area (Å²) >= 11 is 0. The standard InChI is InChI=1S/C31H31F4N5O2/c1-40(2)28(41)10-6-7-15-36-16-17-42-27-14-12-23(20-37-27)29(22-11-13-26-24(18-22)30(32)39-38-26)25(19-31(33,34)35)21-8-4-3-5-9-21/h3-9,11-14,18,20,36H,10,15-17,19H2,1-2H3,(H,38,39)/b7-6?,29-25-. The third-order valence-corrected chi connectivity index (χ3v) is 6.38. The molecule has 0 aliphatic carbocycles. The molecule has 4 rings (SSSR count). The molecule has 42 heavy (non-hydrogen) atoms.